The van der Waals surface area contributed by atoms with Crippen LogP contribution < -0.4 is 0 Å². The predicted molar refractivity (Wildman–Crippen MR) is 102 cm³/mol. The number of aliphatic hydroxyl groups excluding tert-OH is 3. The smallest absolute Gasteiger partial charge is 0.396 e. The number of hydrogen-bond acceptors (Lipinski definition) is 8. The Balaban J connectivity index is 2.65. The van der Waals surface area contributed by atoms with Gasteiger partial charge in [-0.2, -0.15) is 0 Å². The van der Waals surface area contributed by atoms with Crippen LogP contribution in [0.25, 0.3) is 0 Å². The van der Waals surface area contributed by atoms with E-state index in [2.05, 4.69) is 0 Å². The third-order valence-electron chi connectivity index (χ3n) is 4.18. The first-order chi connectivity index (χ1) is 12.9. The summed E-state index contributed by atoms with van der Waals surface area (Å²) in [5, 5.41) is 27.9. The molecule has 1 heterocycles. The lowest BCUT2D eigenvalue weighted by atomic mass is 10.2. The molecule has 9 heteroatoms. The van der Waals surface area contributed by atoms with Crippen LogP contribution in [0.2, 0.25) is 6.04 Å². The number of aliphatic hydroxyl groups is 3. The van der Waals surface area contributed by atoms with Gasteiger partial charge in [0.25, 0.3) is 0 Å². The SMILES string of the molecule is CC(CO)CO[Si](CCCOCC1CO1)(OCC(C)CO)OCC(C)CO. The minimum absolute atomic E-state index is 0.0229. The fourth-order valence-electron chi connectivity index (χ4n) is 2.08. The normalized spacial score (nSPS) is 22.2. The molecule has 162 valence electrons. The van der Waals surface area contributed by atoms with Gasteiger partial charge < -0.3 is 38.1 Å². The molecule has 27 heavy (non-hydrogen) atoms. The van der Waals surface area contributed by atoms with E-state index in [-0.39, 0.29) is 43.7 Å². The second-order valence-corrected chi connectivity index (χ2v) is 10.3. The van der Waals surface area contributed by atoms with Crippen molar-refractivity contribution in [2.45, 2.75) is 39.3 Å². The van der Waals surface area contributed by atoms with Crippen molar-refractivity contribution in [1.29, 1.82) is 0 Å². The van der Waals surface area contributed by atoms with E-state index in [4.69, 9.17) is 22.8 Å². The Kier molecular flexibility index (Phi) is 12.9. The zero-order chi connectivity index (χ0) is 20.1. The first-order valence-corrected chi connectivity index (χ1v) is 11.8. The minimum atomic E-state index is -3.04. The third kappa shape index (κ3) is 11.5. The van der Waals surface area contributed by atoms with Crippen LogP contribution in [-0.2, 0) is 22.8 Å². The van der Waals surface area contributed by atoms with Crippen molar-refractivity contribution in [1.82, 2.24) is 0 Å². The Morgan fingerprint density at radius 1 is 0.889 bits per heavy atom. The number of epoxide rings is 1. The molecule has 0 aliphatic carbocycles. The summed E-state index contributed by atoms with van der Waals surface area (Å²) < 4.78 is 29.0. The van der Waals surface area contributed by atoms with Gasteiger partial charge in [0.15, 0.2) is 0 Å². The van der Waals surface area contributed by atoms with Gasteiger partial charge in [-0.05, 0) is 6.42 Å². The van der Waals surface area contributed by atoms with E-state index >= 15 is 0 Å². The zero-order valence-corrected chi connectivity index (χ0v) is 18.0. The average Bonchev–Trinajstić information content (AvgIpc) is 3.51. The molecule has 0 aromatic heterocycles. The minimum Gasteiger partial charge on any atom is -0.396 e. The summed E-state index contributed by atoms with van der Waals surface area (Å²) in [4.78, 5) is 0. The highest BCUT2D eigenvalue weighted by atomic mass is 28.4. The van der Waals surface area contributed by atoms with Gasteiger partial charge in [-0.25, -0.2) is 0 Å². The summed E-state index contributed by atoms with van der Waals surface area (Å²) in [7, 11) is -3.04. The van der Waals surface area contributed by atoms with Crippen LogP contribution in [0.15, 0.2) is 0 Å². The summed E-state index contributed by atoms with van der Waals surface area (Å²) in [6, 6.07) is 0.576. The lowest BCUT2D eigenvalue weighted by molar-refractivity contribution is 0.0153. The summed E-state index contributed by atoms with van der Waals surface area (Å²) >= 11 is 0. The Labute approximate surface area is 164 Å². The molecule has 1 aliphatic rings. The van der Waals surface area contributed by atoms with Crippen molar-refractivity contribution >= 4 is 8.80 Å². The second-order valence-electron chi connectivity index (χ2n) is 7.61. The van der Waals surface area contributed by atoms with E-state index in [1.54, 1.807) is 0 Å². The van der Waals surface area contributed by atoms with Crippen molar-refractivity contribution in [3.8, 4) is 0 Å². The maximum absolute atomic E-state index is 9.30. The van der Waals surface area contributed by atoms with E-state index in [1.807, 2.05) is 20.8 Å². The van der Waals surface area contributed by atoms with Crippen LogP contribution in [0.4, 0.5) is 0 Å². The molecule has 0 aromatic rings. The standard InChI is InChI=1S/C18H38O8Si/c1-15(7-19)10-24-27(25-11-16(2)8-20,26-12-17(3)9-21)6-4-5-22-13-18-14-23-18/h15-21H,4-14H2,1-3H3. The zero-order valence-electron chi connectivity index (χ0n) is 17.0. The van der Waals surface area contributed by atoms with Crippen molar-refractivity contribution in [2.75, 3.05) is 59.5 Å². The topological polar surface area (TPSA) is 110 Å². The highest BCUT2D eigenvalue weighted by Crippen LogP contribution is 2.22. The van der Waals surface area contributed by atoms with Gasteiger partial charge in [0, 0.05) is 70.0 Å². The Morgan fingerprint density at radius 3 is 1.70 bits per heavy atom. The Hall–Kier alpha value is -0.103. The van der Waals surface area contributed by atoms with Gasteiger partial charge in [0.2, 0.25) is 0 Å². The van der Waals surface area contributed by atoms with Crippen LogP contribution in [-0.4, -0.2) is 89.7 Å². The van der Waals surface area contributed by atoms with Crippen LogP contribution >= 0.6 is 0 Å². The maximum atomic E-state index is 9.30. The number of hydrogen-bond donors (Lipinski definition) is 3. The molecule has 1 saturated heterocycles. The summed E-state index contributed by atoms with van der Waals surface area (Å²) in [5.41, 5.74) is 0. The molecular weight excluding hydrogens is 372 g/mol. The van der Waals surface area contributed by atoms with Crippen molar-refractivity contribution < 1.29 is 38.1 Å². The first kappa shape index (κ1) is 24.9. The highest BCUT2D eigenvalue weighted by Gasteiger charge is 2.42. The maximum Gasteiger partial charge on any atom is 0.501 e. The van der Waals surface area contributed by atoms with E-state index in [0.717, 1.165) is 6.61 Å². The van der Waals surface area contributed by atoms with E-state index in [0.29, 0.717) is 45.5 Å². The van der Waals surface area contributed by atoms with Crippen molar-refractivity contribution in [3.63, 3.8) is 0 Å². The molecule has 0 amide bonds. The molecule has 0 aromatic carbocycles. The average molecular weight is 411 g/mol. The molecule has 0 radical (unpaired) electrons. The molecular formula is C18H38O8Si. The molecule has 0 spiro atoms. The molecule has 1 rings (SSSR count). The van der Waals surface area contributed by atoms with Crippen LogP contribution in [0.3, 0.4) is 0 Å². The quantitative estimate of drug-likeness (QED) is 0.172. The lowest BCUT2D eigenvalue weighted by Gasteiger charge is -2.32. The monoisotopic (exact) mass is 410 g/mol. The Morgan fingerprint density at radius 2 is 1.33 bits per heavy atom. The fraction of sp³-hybridized carbons (Fsp3) is 1.00. The van der Waals surface area contributed by atoms with E-state index < -0.39 is 8.80 Å². The molecule has 1 aliphatic heterocycles. The lowest BCUT2D eigenvalue weighted by Crippen LogP contribution is -2.49. The number of rotatable bonds is 18. The largest absolute Gasteiger partial charge is 0.501 e. The van der Waals surface area contributed by atoms with Crippen LogP contribution in [0.5, 0.6) is 0 Å². The molecule has 0 bridgehead atoms. The van der Waals surface area contributed by atoms with Crippen LogP contribution in [0, 0.1) is 17.8 Å². The Bertz CT molecular complexity index is 333. The van der Waals surface area contributed by atoms with Gasteiger partial charge in [0.05, 0.1) is 13.2 Å². The predicted octanol–water partition coefficient (Wildman–Crippen LogP) is 0.666. The molecule has 3 N–H and O–H groups in total. The molecule has 4 atom stereocenters. The fourth-order valence-corrected chi connectivity index (χ4v) is 4.95. The highest BCUT2D eigenvalue weighted by molar-refractivity contribution is 6.60. The van der Waals surface area contributed by atoms with E-state index in [1.165, 1.54) is 0 Å². The first-order valence-electron chi connectivity index (χ1n) is 9.88. The summed E-state index contributed by atoms with van der Waals surface area (Å²) in [6.07, 6.45) is 0.949. The number of ether oxygens (including phenoxy) is 2. The van der Waals surface area contributed by atoms with Gasteiger partial charge >= 0.3 is 8.80 Å². The molecule has 4 unspecified atom stereocenters. The van der Waals surface area contributed by atoms with Gasteiger partial charge in [-0.1, -0.05) is 20.8 Å². The molecule has 8 nitrogen and oxygen atoms in total. The van der Waals surface area contributed by atoms with Crippen molar-refractivity contribution in [3.05, 3.63) is 0 Å². The second kappa shape index (κ2) is 14.0. The van der Waals surface area contributed by atoms with Gasteiger partial charge in [-0.3, -0.25) is 0 Å². The summed E-state index contributed by atoms with van der Waals surface area (Å²) in [6.45, 7) is 8.68. The van der Waals surface area contributed by atoms with Gasteiger partial charge in [-0.15, -0.1) is 0 Å². The summed E-state index contributed by atoms with van der Waals surface area (Å²) in [5.74, 6) is -0.0892. The van der Waals surface area contributed by atoms with Crippen LogP contribution in [0.1, 0.15) is 27.2 Å². The third-order valence-corrected chi connectivity index (χ3v) is 6.96. The van der Waals surface area contributed by atoms with Crippen molar-refractivity contribution in [2.24, 2.45) is 17.8 Å². The molecule has 0 saturated carbocycles. The van der Waals surface area contributed by atoms with Gasteiger partial charge in [0.1, 0.15) is 6.10 Å². The van der Waals surface area contributed by atoms with E-state index in [9.17, 15) is 15.3 Å². The molecule has 1 fully saturated rings.